The Morgan fingerprint density at radius 2 is 1.62 bits per heavy atom. The van der Waals surface area contributed by atoms with Crippen LogP contribution in [0, 0.1) is 0 Å². The van der Waals surface area contributed by atoms with Gasteiger partial charge < -0.3 is 9.88 Å². The first-order valence-corrected chi connectivity index (χ1v) is 10.3. The second kappa shape index (κ2) is 7.82. The van der Waals surface area contributed by atoms with Gasteiger partial charge in [-0.05, 0) is 29.8 Å². The van der Waals surface area contributed by atoms with Gasteiger partial charge in [-0.25, -0.2) is 4.98 Å². The zero-order valence-electron chi connectivity index (χ0n) is 16.8. The molecule has 0 aliphatic carbocycles. The summed E-state index contributed by atoms with van der Waals surface area (Å²) in [4.78, 5) is 12.9. The SMILES string of the molecule is CN1CCN(Cc2ccc(-c3c[nH]c4ncc(-c5ccccc5)cc34)cc2)CC1. The number of rotatable bonds is 4. The number of hydrogen-bond acceptors (Lipinski definition) is 3. The molecule has 0 atom stereocenters. The highest BCUT2D eigenvalue weighted by Gasteiger charge is 2.14. The van der Waals surface area contributed by atoms with Gasteiger partial charge in [0.15, 0.2) is 0 Å². The summed E-state index contributed by atoms with van der Waals surface area (Å²) in [5.41, 5.74) is 7.08. The highest BCUT2D eigenvalue weighted by molar-refractivity contribution is 5.95. The third-order valence-corrected chi connectivity index (χ3v) is 5.91. The van der Waals surface area contributed by atoms with Crippen molar-refractivity contribution in [2.24, 2.45) is 0 Å². The van der Waals surface area contributed by atoms with E-state index in [2.05, 4.69) is 87.6 Å². The van der Waals surface area contributed by atoms with Gasteiger partial charge in [-0.2, -0.15) is 0 Å². The molecule has 5 rings (SSSR count). The van der Waals surface area contributed by atoms with Gasteiger partial charge in [0.05, 0.1) is 0 Å². The first-order valence-electron chi connectivity index (χ1n) is 10.3. The van der Waals surface area contributed by atoms with Gasteiger partial charge in [0.1, 0.15) is 5.65 Å². The molecule has 4 nitrogen and oxygen atoms in total. The molecule has 0 radical (unpaired) electrons. The van der Waals surface area contributed by atoms with Gasteiger partial charge in [0.25, 0.3) is 0 Å². The Hall–Kier alpha value is -2.95. The molecule has 1 fully saturated rings. The van der Waals surface area contributed by atoms with E-state index in [0.717, 1.165) is 49.3 Å². The molecule has 146 valence electrons. The second-order valence-corrected chi connectivity index (χ2v) is 7.96. The molecule has 0 saturated carbocycles. The van der Waals surface area contributed by atoms with Crippen molar-refractivity contribution in [3.8, 4) is 22.3 Å². The molecule has 2 aromatic carbocycles. The highest BCUT2D eigenvalue weighted by atomic mass is 15.2. The van der Waals surface area contributed by atoms with Crippen LogP contribution < -0.4 is 0 Å². The molecule has 1 aliphatic heterocycles. The fourth-order valence-electron chi connectivity index (χ4n) is 4.08. The first kappa shape index (κ1) is 18.1. The smallest absolute Gasteiger partial charge is 0.137 e. The molecule has 0 amide bonds. The van der Waals surface area contributed by atoms with E-state index in [0.29, 0.717) is 0 Å². The number of aromatic amines is 1. The summed E-state index contributed by atoms with van der Waals surface area (Å²) < 4.78 is 0. The predicted molar refractivity (Wildman–Crippen MR) is 120 cm³/mol. The number of hydrogen-bond donors (Lipinski definition) is 1. The zero-order valence-corrected chi connectivity index (χ0v) is 16.8. The van der Waals surface area contributed by atoms with Crippen LogP contribution in [0.15, 0.2) is 73.1 Å². The third kappa shape index (κ3) is 3.82. The van der Waals surface area contributed by atoms with Crippen molar-refractivity contribution >= 4 is 11.0 Å². The number of pyridine rings is 1. The molecule has 3 heterocycles. The molecule has 0 bridgehead atoms. The maximum atomic E-state index is 4.64. The molecule has 29 heavy (non-hydrogen) atoms. The molecule has 4 heteroatoms. The van der Waals surface area contributed by atoms with Crippen molar-refractivity contribution in [2.75, 3.05) is 33.2 Å². The summed E-state index contributed by atoms with van der Waals surface area (Å²) in [5, 5.41) is 1.16. The minimum Gasteiger partial charge on any atom is -0.346 e. The monoisotopic (exact) mass is 382 g/mol. The van der Waals surface area contributed by atoms with Crippen molar-refractivity contribution in [2.45, 2.75) is 6.54 Å². The number of likely N-dealkylation sites (N-methyl/N-ethyl adjacent to an activating group) is 1. The number of nitrogens with zero attached hydrogens (tertiary/aromatic N) is 3. The Morgan fingerprint density at radius 1 is 0.862 bits per heavy atom. The Balaban J connectivity index is 1.40. The van der Waals surface area contributed by atoms with Crippen LogP contribution in [-0.4, -0.2) is 53.0 Å². The van der Waals surface area contributed by atoms with E-state index in [-0.39, 0.29) is 0 Å². The Bertz CT molecular complexity index is 1090. The van der Waals surface area contributed by atoms with Crippen molar-refractivity contribution in [1.82, 2.24) is 19.8 Å². The molecule has 0 unspecified atom stereocenters. The van der Waals surface area contributed by atoms with Crippen LogP contribution >= 0.6 is 0 Å². The van der Waals surface area contributed by atoms with E-state index in [1.165, 1.54) is 22.3 Å². The lowest BCUT2D eigenvalue weighted by Gasteiger charge is -2.32. The number of fused-ring (bicyclic) bond motifs is 1. The topological polar surface area (TPSA) is 35.2 Å². The largest absolute Gasteiger partial charge is 0.346 e. The number of benzene rings is 2. The summed E-state index contributed by atoms with van der Waals surface area (Å²) in [6.45, 7) is 5.64. The summed E-state index contributed by atoms with van der Waals surface area (Å²) in [5.74, 6) is 0. The summed E-state index contributed by atoms with van der Waals surface area (Å²) in [7, 11) is 2.20. The maximum absolute atomic E-state index is 4.64. The van der Waals surface area contributed by atoms with Gasteiger partial charge in [-0.15, -0.1) is 0 Å². The Morgan fingerprint density at radius 3 is 2.38 bits per heavy atom. The minimum absolute atomic E-state index is 0.932. The average Bonchev–Trinajstić information content (AvgIpc) is 3.20. The molecular formula is C25H26N4. The Kier molecular flexibility index (Phi) is 4.88. The normalized spacial score (nSPS) is 15.8. The quantitative estimate of drug-likeness (QED) is 0.558. The molecule has 1 N–H and O–H groups in total. The third-order valence-electron chi connectivity index (χ3n) is 5.91. The first-order chi connectivity index (χ1) is 14.3. The van der Waals surface area contributed by atoms with Crippen LogP contribution in [0.3, 0.4) is 0 Å². The highest BCUT2D eigenvalue weighted by Crippen LogP contribution is 2.31. The predicted octanol–water partition coefficient (Wildman–Crippen LogP) is 4.64. The van der Waals surface area contributed by atoms with Crippen molar-refractivity contribution < 1.29 is 0 Å². The van der Waals surface area contributed by atoms with E-state index in [9.17, 15) is 0 Å². The van der Waals surface area contributed by atoms with E-state index in [4.69, 9.17) is 0 Å². The molecule has 2 aromatic heterocycles. The number of piperazine rings is 1. The number of nitrogens with one attached hydrogen (secondary N) is 1. The van der Waals surface area contributed by atoms with Crippen LogP contribution in [-0.2, 0) is 6.54 Å². The van der Waals surface area contributed by atoms with Crippen LogP contribution in [0.4, 0.5) is 0 Å². The average molecular weight is 383 g/mol. The Labute approximate surface area is 171 Å². The molecule has 0 spiro atoms. The van der Waals surface area contributed by atoms with Gasteiger partial charge >= 0.3 is 0 Å². The van der Waals surface area contributed by atoms with Crippen molar-refractivity contribution in [3.63, 3.8) is 0 Å². The van der Waals surface area contributed by atoms with E-state index >= 15 is 0 Å². The summed E-state index contributed by atoms with van der Waals surface area (Å²) in [6.07, 6.45) is 4.01. The lowest BCUT2D eigenvalue weighted by molar-refractivity contribution is 0.148. The van der Waals surface area contributed by atoms with E-state index in [1.54, 1.807) is 0 Å². The maximum Gasteiger partial charge on any atom is 0.137 e. The second-order valence-electron chi connectivity index (χ2n) is 7.96. The fourth-order valence-corrected chi connectivity index (χ4v) is 4.08. The molecule has 4 aromatic rings. The summed E-state index contributed by atoms with van der Waals surface area (Å²) >= 11 is 0. The molecule has 1 saturated heterocycles. The number of H-pyrrole nitrogens is 1. The van der Waals surface area contributed by atoms with Crippen molar-refractivity contribution in [1.29, 1.82) is 0 Å². The van der Waals surface area contributed by atoms with Gasteiger partial charge in [0.2, 0.25) is 0 Å². The van der Waals surface area contributed by atoms with Gasteiger partial charge in [-0.1, -0.05) is 54.6 Å². The van der Waals surface area contributed by atoms with Crippen LogP contribution in [0.2, 0.25) is 0 Å². The lowest BCUT2D eigenvalue weighted by atomic mass is 10.0. The van der Waals surface area contributed by atoms with Gasteiger partial charge in [0, 0.05) is 61.6 Å². The van der Waals surface area contributed by atoms with Crippen molar-refractivity contribution in [3.05, 3.63) is 78.6 Å². The van der Waals surface area contributed by atoms with E-state index < -0.39 is 0 Å². The molecule has 1 aliphatic rings. The number of aromatic nitrogens is 2. The fraction of sp³-hybridized carbons (Fsp3) is 0.240. The van der Waals surface area contributed by atoms with Crippen LogP contribution in [0.1, 0.15) is 5.56 Å². The molecular weight excluding hydrogens is 356 g/mol. The standard InChI is InChI=1S/C25H26N4/c1-28-11-13-29(14-12-28)18-19-7-9-21(10-8-19)24-17-27-25-23(24)15-22(16-26-25)20-5-3-2-4-6-20/h2-10,15-17H,11-14,18H2,1H3,(H,26,27). The van der Waals surface area contributed by atoms with Crippen LogP contribution in [0.5, 0.6) is 0 Å². The lowest BCUT2D eigenvalue weighted by Crippen LogP contribution is -2.43. The van der Waals surface area contributed by atoms with Crippen LogP contribution in [0.25, 0.3) is 33.3 Å². The van der Waals surface area contributed by atoms with E-state index in [1.807, 2.05) is 12.3 Å². The summed E-state index contributed by atoms with van der Waals surface area (Å²) in [6, 6.07) is 21.7. The van der Waals surface area contributed by atoms with Gasteiger partial charge in [-0.3, -0.25) is 4.90 Å². The minimum atomic E-state index is 0.932. The zero-order chi connectivity index (χ0) is 19.6.